The van der Waals surface area contributed by atoms with Crippen molar-refractivity contribution in [2.45, 2.75) is 24.9 Å². The molecule has 0 saturated heterocycles. The number of carbonyl (C=O) groups excluding carboxylic acids is 1. The Morgan fingerprint density at radius 1 is 1.44 bits per heavy atom. The first-order chi connectivity index (χ1) is 7.57. The molecule has 0 bridgehead atoms. The molecule has 0 aromatic heterocycles. The molecule has 5 heteroatoms. The van der Waals surface area contributed by atoms with Gasteiger partial charge in [-0.05, 0) is 30.5 Å². The van der Waals surface area contributed by atoms with E-state index < -0.39 is 12.0 Å². The van der Waals surface area contributed by atoms with Crippen LogP contribution in [0.5, 0.6) is 11.5 Å². The Bertz CT molecular complexity index is 414. The summed E-state index contributed by atoms with van der Waals surface area (Å²) in [6.45, 7) is -2.99. The molecule has 1 saturated carbocycles. The van der Waals surface area contributed by atoms with Crippen LogP contribution in [0.2, 0.25) is 0 Å². The third-order valence-electron chi connectivity index (χ3n) is 2.77. The number of benzene rings is 1. The second-order valence-electron chi connectivity index (χ2n) is 3.83. The minimum Gasteiger partial charge on any atom is -0.504 e. The average molecular weight is 228 g/mol. The molecule has 2 rings (SSSR count). The van der Waals surface area contributed by atoms with Crippen molar-refractivity contribution in [3.05, 3.63) is 23.8 Å². The van der Waals surface area contributed by atoms with Crippen LogP contribution in [0.25, 0.3) is 0 Å². The molecule has 0 spiro atoms. The number of carbonyl (C=O) groups is 1. The number of hydrogen-bond donors (Lipinski definition) is 1. The highest BCUT2D eigenvalue weighted by Crippen LogP contribution is 2.48. The van der Waals surface area contributed by atoms with Gasteiger partial charge in [0.05, 0.1) is 5.41 Å². The lowest BCUT2D eigenvalue weighted by Gasteiger charge is -2.11. The van der Waals surface area contributed by atoms with Gasteiger partial charge in [0.15, 0.2) is 11.5 Å². The average Bonchev–Trinajstić information content (AvgIpc) is 3.01. The highest BCUT2D eigenvalue weighted by atomic mass is 19.3. The molecule has 0 aliphatic heterocycles. The van der Waals surface area contributed by atoms with Gasteiger partial charge >= 0.3 is 6.61 Å². The summed E-state index contributed by atoms with van der Waals surface area (Å²) < 4.78 is 28.2. The maximum absolute atomic E-state index is 12.0. The molecule has 0 radical (unpaired) electrons. The lowest BCUT2D eigenvalue weighted by atomic mass is 9.97. The SMILES string of the molecule is O=CC1(c2ccc(O)c(OC(F)F)c2)CC1. The fraction of sp³-hybridized carbons (Fsp3) is 0.364. The minimum atomic E-state index is -2.99. The fourth-order valence-corrected chi connectivity index (χ4v) is 1.62. The van der Waals surface area contributed by atoms with E-state index in [0.29, 0.717) is 18.4 Å². The third-order valence-corrected chi connectivity index (χ3v) is 2.77. The first-order valence-corrected chi connectivity index (χ1v) is 4.82. The van der Waals surface area contributed by atoms with Gasteiger partial charge in [0, 0.05) is 0 Å². The molecule has 1 aromatic carbocycles. The number of ether oxygens (including phenoxy) is 1. The molecular weight excluding hydrogens is 218 g/mol. The van der Waals surface area contributed by atoms with Crippen LogP contribution in [0.15, 0.2) is 18.2 Å². The maximum Gasteiger partial charge on any atom is 0.387 e. The third kappa shape index (κ3) is 1.85. The first-order valence-electron chi connectivity index (χ1n) is 4.82. The lowest BCUT2D eigenvalue weighted by molar-refractivity contribution is -0.109. The Morgan fingerprint density at radius 2 is 2.12 bits per heavy atom. The zero-order valence-corrected chi connectivity index (χ0v) is 8.32. The molecule has 0 amide bonds. The molecule has 1 aliphatic carbocycles. The molecule has 0 heterocycles. The van der Waals surface area contributed by atoms with Crippen molar-refractivity contribution in [3.8, 4) is 11.5 Å². The van der Waals surface area contributed by atoms with Crippen molar-refractivity contribution in [2.24, 2.45) is 0 Å². The number of rotatable bonds is 4. The minimum absolute atomic E-state index is 0.291. The number of hydrogen-bond acceptors (Lipinski definition) is 3. The summed E-state index contributed by atoms with van der Waals surface area (Å²) in [5.41, 5.74) is 0.0458. The van der Waals surface area contributed by atoms with Crippen LogP contribution >= 0.6 is 0 Å². The smallest absolute Gasteiger partial charge is 0.387 e. The molecule has 0 atom stereocenters. The fourth-order valence-electron chi connectivity index (χ4n) is 1.62. The van der Waals surface area contributed by atoms with Gasteiger partial charge in [-0.2, -0.15) is 8.78 Å². The predicted molar refractivity (Wildman–Crippen MR) is 51.7 cm³/mol. The van der Waals surface area contributed by atoms with Crippen molar-refractivity contribution < 1.29 is 23.4 Å². The van der Waals surface area contributed by atoms with Crippen LogP contribution < -0.4 is 4.74 Å². The Labute approximate surface area is 90.7 Å². The molecule has 1 N–H and O–H groups in total. The molecule has 16 heavy (non-hydrogen) atoms. The van der Waals surface area contributed by atoms with Crippen LogP contribution in [0.3, 0.4) is 0 Å². The zero-order chi connectivity index (χ0) is 11.8. The highest BCUT2D eigenvalue weighted by Gasteiger charge is 2.44. The number of aldehydes is 1. The van der Waals surface area contributed by atoms with Crippen LogP contribution in [0.1, 0.15) is 18.4 Å². The van der Waals surface area contributed by atoms with Crippen LogP contribution in [-0.4, -0.2) is 18.0 Å². The molecular formula is C11H10F2O3. The quantitative estimate of drug-likeness (QED) is 0.804. The van der Waals surface area contributed by atoms with Crippen LogP contribution in [-0.2, 0) is 10.2 Å². The number of phenols is 1. The predicted octanol–water partition coefficient (Wildman–Crippen LogP) is 2.22. The molecule has 1 aliphatic rings. The van der Waals surface area contributed by atoms with Crippen molar-refractivity contribution >= 4 is 6.29 Å². The standard InChI is InChI=1S/C11H10F2O3/c12-10(13)16-9-5-7(1-2-8(9)15)11(6-14)3-4-11/h1-2,5-6,10,15H,3-4H2. The number of aromatic hydroxyl groups is 1. The number of phenolic OH excluding ortho intramolecular Hbond substituents is 1. The van der Waals surface area contributed by atoms with Gasteiger partial charge in [0.2, 0.25) is 0 Å². The van der Waals surface area contributed by atoms with Crippen molar-refractivity contribution in [3.63, 3.8) is 0 Å². The van der Waals surface area contributed by atoms with E-state index in [0.717, 1.165) is 6.29 Å². The van der Waals surface area contributed by atoms with E-state index in [2.05, 4.69) is 4.74 Å². The first kappa shape index (κ1) is 10.9. The van der Waals surface area contributed by atoms with E-state index in [1.54, 1.807) is 6.07 Å². The Balaban J connectivity index is 2.32. The highest BCUT2D eigenvalue weighted by molar-refractivity contribution is 5.73. The van der Waals surface area contributed by atoms with E-state index in [9.17, 15) is 18.7 Å². The summed E-state index contributed by atoms with van der Waals surface area (Å²) >= 11 is 0. The summed E-state index contributed by atoms with van der Waals surface area (Å²) in [4.78, 5) is 10.9. The van der Waals surface area contributed by atoms with Crippen molar-refractivity contribution in [1.29, 1.82) is 0 Å². The number of halogens is 2. The van der Waals surface area contributed by atoms with Crippen LogP contribution in [0.4, 0.5) is 8.78 Å². The van der Waals surface area contributed by atoms with E-state index in [1.807, 2.05) is 0 Å². The second kappa shape index (κ2) is 3.73. The monoisotopic (exact) mass is 228 g/mol. The molecule has 3 nitrogen and oxygen atoms in total. The van der Waals surface area contributed by atoms with Gasteiger partial charge in [0.1, 0.15) is 6.29 Å². The summed E-state index contributed by atoms with van der Waals surface area (Å²) in [5.74, 6) is -0.647. The van der Waals surface area contributed by atoms with E-state index >= 15 is 0 Å². The summed E-state index contributed by atoms with van der Waals surface area (Å²) in [6.07, 6.45) is 2.22. The number of alkyl halides is 2. The van der Waals surface area contributed by atoms with Gasteiger partial charge in [-0.3, -0.25) is 0 Å². The van der Waals surface area contributed by atoms with Gasteiger partial charge in [-0.15, -0.1) is 0 Å². The van der Waals surface area contributed by atoms with Crippen molar-refractivity contribution in [2.75, 3.05) is 0 Å². The summed E-state index contributed by atoms with van der Waals surface area (Å²) in [7, 11) is 0. The molecule has 1 aromatic rings. The topological polar surface area (TPSA) is 46.5 Å². The van der Waals surface area contributed by atoms with Gasteiger partial charge in [0.25, 0.3) is 0 Å². The van der Waals surface area contributed by atoms with E-state index in [4.69, 9.17) is 0 Å². The molecule has 1 fully saturated rings. The second-order valence-corrected chi connectivity index (χ2v) is 3.83. The Morgan fingerprint density at radius 3 is 2.62 bits per heavy atom. The largest absolute Gasteiger partial charge is 0.504 e. The van der Waals surface area contributed by atoms with E-state index in [-0.39, 0.29) is 11.5 Å². The Kier molecular flexibility index (Phi) is 2.53. The van der Waals surface area contributed by atoms with Gasteiger partial charge < -0.3 is 14.6 Å². The Hall–Kier alpha value is -1.65. The van der Waals surface area contributed by atoms with Gasteiger partial charge in [-0.25, -0.2) is 0 Å². The zero-order valence-electron chi connectivity index (χ0n) is 8.32. The van der Waals surface area contributed by atoms with E-state index in [1.165, 1.54) is 12.1 Å². The lowest BCUT2D eigenvalue weighted by Crippen LogP contribution is -2.09. The van der Waals surface area contributed by atoms with Crippen LogP contribution in [0, 0.1) is 0 Å². The van der Waals surface area contributed by atoms with Gasteiger partial charge in [-0.1, -0.05) is 6.07 Å². The molecule has 0 unspecified atom stereocenters. The maximum atomic E-state index is 12.0. The summed E-state index contributed by atoms with van der Waals surface area (Å²) in [5, 5.41) is 9.30. The normalized spacial score (nSPS) is 17.2. The van der Waals surface area contributed by atoms with Crippen molar-refractivity contribution in [1.82, 2.24) is 0 Å². The summed E-state index contributed by atoms with van der Waals surface area (Å²) in [6, 6.07) is 4.11. The molecule has 86 valence electrons.